The minimum absolute atomic E-state index is 0.157. The Morgan fingerprint density at radius 3 is 2.82 bits per heavy atom. The van der Waals surface area contributed by atoms with Crippen LogP contribution in [0.2, 0.25) is 0 Å². The van der Waals surface area contributed by atoms with Gasteiger partial charge in [0, 0.05) is 12.6 Å². The molecule has 0 saturated heterocycles. The minimum atomic E-state index is -1.20. The molecule has 1 rings (SSSR count). The highest BCUT2D eigenvalue weighted by molar-refractivity contribution is 5.93. The number of nitrogens with one attached hydrogen (secondary N) is 1. The van der Waals surface area contributed by atoms with Crippen LogP contribution >= 0.6 is 0 Å². The van der Waals surface area contributed by atoms with E-state index in [-0.39, 0.29) is 17.4 Å². The summed E-state index contributed by atoms with van der Waals surface area (Å²) in [6, 6.07) is 1.17. The van der Waals surface area contributed by atoms with Gasteiger partial charge in [-0.2, -0.15) is 0 Å². The molecule has 0 radical (unpaired) electrons. The highest BCUT2D eigenvalue weighted by Crippen LogP contribution is 2.13. The topological polar surface area (TPSA) is 65.5 Å². The number of aromatic nitrogens is 1. The Kier molecular flexibility index (Phi) is 4.39. The highest BCUT2D eigenvalue weighted by atomic mass is 19.1. The fourth-order valence-electron chi connectivity index (χ4n) is 1.17. The zero-order valence-corrected chi connectivity index (χ0v) is 10.1. The van der Waals surface area contributed by atoms with Crippen LogP contribution in [0.4, 0.5) is 10.2 Å². The van der Waals surface area contributed by atoms with E-state index in [1.807, 2.05) is 25.9 Å². The van der Waals surface area contributed by atoms with E-state index in [1.54, 1.807) is 0 Å². The quantitative estimate of drug-likeness (QED) is 0.813. The zero-order chi connectivity index (χ0) is 13.0. The largest absolute Gasteiger partial charge is 0.478 e. The molecule has 0 aromatic carbocycles. The lowest BCUT2D eigenvalue weighted by molar-refractivity contribution is 0.0697. The van der Waals surface area contributed by atoms with E-state index in [0.29, 0.717) is 6.54 Å². The van der Waals surface area contributed by atoms with Crippen molar-refractivity contribution < 1.29 is 14.3 Å². The Hall–Kier alpha value is -1.69. The fourth-order valence-corrected chi connectivity index (χ4v) is 1.17. The molecule has 0 spiro atoms. The second-order valence-electron chi connectivity index (χ2n) is 4.05. The maximum absolute atomic E-state index is 12.9. The summed E-state index contributed by atoms with van der Waals surface area (Å²) in [5, 5.41) is 11.8. The van der Waals surface area contributed by atoms with Crippen LogP contribution in [-0.4, -0.2) is 47.6 Å². The van der Waals surface area contributed by atoms with Crippen LogP contribution in [0.25, 0.3) is 0 Å². The molecular formula is C11H16FN3O2. The van der Waals surface area contributed by atoms with Crippen molar-refractivity contribution in [2.45, 2.75) is 13.0 Å². The average molecular weight is 241 g/mol. The summed E-state index contributed by atoms with van der Waals surface area (Å²) in [5.41, 5.74) is -0.157. The van der Waals surface area contributed by atoms with E-state index >= 15 is 0 Å². The lowest BCUT2D eigenvalue weighted by atomic mass is 10.2. The molecule has 0 aliphatic heterocycles. The summed E-state index contributed by atoms with van der Waals surface area (Å²) in [7, 11) is 3.84. The maximum Gasteiger partial charge on any atom is 0.339 e. The summed E-state index contributed by atoms with van der Waals surface area (Å²) in [6.07, 6.45) is 0.995. The summed E-state index contributed by atoms with van der Waals surface area (Å²) in [5.74, 6) is -1.67. The lowest BCUT2D eigenvalue weighted by Crippen LogP contribution is -2.32. The van der Waals surface area contributed by atoms with E-state index in [1.165, 1.54) is 0 Å². The lowest BCUT2D eigenvalue weighted by Gasteiger charge is -2.20. The number of likely N-dealkylation sites (N-methyl/N-ethyl adjacent to an activating group) is 1. The summed E-state index contributed by atoms with van der Waals surface area (Å²) < 4.78 is 12.9. The molecule has 17 heavy (non-hydrogen) atoms. The third-order valence-corrected chi connectivity index (χ3v) is 2.53. The van der Waals surface area contributed by atoms with Crippen molar-refractivity contribution in [3.05, 3.63) is 23.6 Å². The van der Waals surface area contributed by atoms with Gasteiger partial charge in [-0.15, -0.1) is 0 Å². The predicted octanol–water partition coefficient (Wildman–Crippen LogP) is 1.28. The number of halogens is 1. The molecule has 5 nitrogen and oxygen atoms in total. The Labute approximate surface area is 99.3 Å². The number of pyridine rings is 1. The Bertz CT molecular complexity index is 410. The zero-order valence-electron chi connectivity index (χ0n) is 10.1. The number of carbonyl (C=O) groups is 1. The SMILES string of the molecule is CC(CNc1ncc(F)cc1C(=O)O)N(C)C. The van der Waals surface area contributed by atoms with Crippen molar-refractivity contribution in [2.75, 3.05) is 26.0 Å². The van der Waals surface area contributed by atoms with Crippen molar-refractivity contribution in [1.29, 1.82) is 0 Å². The first kappa shape index (κ1) is 13.4. The molecule has 94 valence electrons. The fraction of sp³-hybridized carbons (Fsp3) is 0.455. The van der Waals surface area contributed by atoms with Crippen molar-refractivity contribution >= 4 is 11.8 Å². The molecule has 0 fully saturated rings. The van der Waals surface area contributed by atoms with Gasteiger partial charge in [-0.1, -0.05) is 0 Å². The van der Waals surface area contributed by atoms with E-state index in [4.69, 9.17) is 5.11 Å². The molecule has 0 bridgehead atoms. The molecule has 0 saturated carbocycles. The molecule has 0 aliphatic carbocycles. The number of rotatable bonds is 5. The van der Waals surface area contributed by atoms with Crippen LogP contribution in [0.5, 0.6) is 0 Å². The first-order valence-corrected chi connectivity index (χ1v) is 5.21. The van der Waals surface area contributed by atoms with Gasteiger partial charge in [0.15, 0.2) is 0 Å². The van der Waals surface area contributed by atoms with Gasteiger partial charge in [-0.3, -0.25) is 0 Å². The van der Waals surface area contributed by atoms with Gasteiger partial charge in [0.1, 0.15) is 17.2 Å². The van der Waals surface area contributed by atoms with E-state index in [2.05, 4.69) is 10.3 Å². The number of hydrogen-bond donors (Lipinski definition) is 2. The third kappa shape index (κ3) is 3.67. The molecule has 1 heterocycles. The van der Waals surface area contributed by atoms with Gasteiger partial charge >= 0.3 is 5.97 Å². The standard InChI is InChI=1S/C11H16FN3O2/c1-7(15(2)3)5-13-10-9(11(16)17)4-8(12)6-14-10/h4,6-7H,5H2,1-3H3,(H,13,14)(H,16,17). The van der Waals surface area contributed by atoms with E-state index in [9.17, 15) is 9.18 Å². The van der Waals surface area contributed by atoms with Crippen LogP contribution < -0.4 is 5.32 Å². The highest BCUT2D eigenvalue weighted by Gasteiger charge is 2.13. The number of hydrogen-bond acceptors (Lipinski definition) is 4. The smallest absolute Gasteiger partial charge is 0.339 e. The average Bonchev–Trinajstić information content (AvgIpc) is 2.26. The predicted molar refractivity (Wildman–Crippen MR) is 62.8 cm³/mol. The van der Waals surface area contributed by atoms with Crippen LogP contribution in [0, 0.1) is 5.82 Å². The van der Waals surface area contributed by atoms with Crippen molar-refractivity contribution in [1.82, 2.24) is 9.88 Å². The molecular weight excluding hydrogens is 225 g/mol. The Morgan fingerprint density at radius 2 is 2.29 bits per heavy atom. The van der Waals surface area contributed by atoms with E-state index in [0.717, 1.165) is 12.3 Å². The molecule has 1 aromatic heterocycles. The van der Waals surface area contributed by atoms with Crippen molar-refractivity contribution in [3.63, 3.8) is 0 Å². The summed E-state index contributed by atoms with van der Waals surface area (Å²) >= 11 is 0. The molecule has 0 amide bonds. The monoisotopic (exact) mass is 241 g/mol. The van der Waals surface area contributed by atoms with Crippen LogP contribution in [0.3, 0.4) is 0 Å². The van der Waals surface area contributed by atoms with Crippen molar-refractivity contribution in [2.24, 2.45) is 0 Å². The molecule has 1 atom stereocenters. The molecule has 6 heteroatoms. The number of nitrogens with zero attached hydrogens (tertiary/aromatic N) is 2. The summed E-state index contributed by atoms with van der Waals surface area (Å²) in [4.78, 5) is 16.6. The van der Waals surface area contributed by atoms with Gasteiger partial charge in [0.25, 0.3) is 0 Å². The second-order valence-corrected chi connectivity index (χ2v) is 4.05. The van der Waals surface area contributed by atoms with Gasteiger partial charge < -0.3 is 15.3 Å². The van der Waals surface area contributed by atoms with Gasteiger partial charge in [0.2, 0.25) is 0 Å². The van der Waals surface area contributed by atoms with Gasteiger partial charge in [0.05, 0.1) is 6.20 Å². The third-order valence-electron chi connectivity index (χ3n) is 2.53. The molecule has 0 aliphatic rings. The van der Waals surface area contributed by atoms with Gasteiger partial charge in [-0.25, -0.2) is 14.2 Å². The van der Waals surface area contributed by atoms with E-state index < -0.39 is 11.8 Å². The molecule has 1 aromatic rings. The Balaban J connectivity index is 2.80. The second kappa shape index (κ2) is 5.58. The molecule has 1 unspecified atom stereocenters. The minimum Gasteiger partial charge on any atom is -0.478 e. The number of aromatic carboxylic acids is 1. The first-order valence-electron chi connectivity index (χ1n) is 5.21. The molecule has 2 N–H and O–H groups in total. The van der Waals surface area contributed by atoms with Gasteiger partial charge in [-0.05, 0) is 27.1 Å². The normalized spacial score (nSPS) is 12.5. The van der Waals surface area contributed by atoms with Crippen LogP contribution in [0.15, 0.2) is 12.3 Å². The Morgan fingerprint density at radius 1 is 1.65 bits per heavy atom. The van der Waals surface area contributed by atoms with Crippen molar-refractivity contribution in [3.8, 4) is 0 Å². The number of anilines is 1. The maximum atomic E-state index is 12.9. The van der Waals surface area contributed by atoms with Crippen LogP contribution in [-0.2, 0) is 0 Å². The number of carboxylic acids is 1. The first-order chi connectivity index (χ1) is 7.91. The number of carboxylic acid groups (broad SMARTS) is 1. The van der Waals surface area contributed by atoms with Crippen LogP contribution in [0.1, 0.15) is 17.3 Å². The summed E-state index contributed by atoms with van der Waals surface area (Å²) in [6.45, 7) is 2.52.